The van der Waals surface area contributed by atoms with Crippen molar-refractivity contribution in [1.82, 2.24) is 9.88 Å². The molecule has 1 amide bonds. The van der Waals surface area contributed by atoms with E-state index in [1.807, 2.05) is 0 Å². The normalized spacial score (nSPS) is 14.7. The number of non-ortho nitro benzene ring substituents is 1. The summed E-state index contributed by atoms with van der Waals surface area (Å²) in [5, 5.41) is 11.7. The van der Waals surface area contributed by atoms with E-state index in [9.17, 15) is 14.9 Å². The second kappa shape index (κ2) is 7.23. The molecule has 1 aliphatic rings. The van der Waals surface area contributed by atoms with Gasteiger partial charge < -0.3 is 9.80 Å². The van der Waals surface area contributed by atoms with Crippen LogP contribution < -0.4 is 4.90 Å². The first-order chi connectivity index (χ1) is 12.9. The van der Waals surface area contributed by atoms with Gasteiger partial charge in [0.05, 0.1) is 25.0 Å². The third-order valence-corrected chi connectivity index (χ3v) is 6.86. The van der Waals surface area contributed by atoms with Gasteiger partial charge >= 0.3 is 0 Å². The molecule has 3 aromatic rings. The Labute approximate surface area is 171 Å². The van der Waals surface area contributed by atoms with Crippen LogP contribution in [0.4, 0.5) is 10.8 Å². The Hall–Kier alpha value is -1.94. The fourth-order valence-corrected chi connectivity index (χ4v) is 5.41. The molecule has 0 unspecified atom stereocenters. The quantitative estimate of drug-likeness (QED) is 0.439. The number of piperazine rings is 1. The molecule has 11 heteroatoms. The number of carbonyl (C=O) groups is 1. The molecule has 0 aliphatic carbocycles. The van der Waals surface area contributed by atoms with Crippen LogP contribution in [0.2, 0.25) is 8.67 Å². The van der Waals surface area contributed by atoms with E-state index in [4.69, 9.17) is 23.2 Å². The molecular weight excluding hydrogens is 431 g/mol. The molecule has 0 spiro atoms. The van der Waals surface area contributed by atoms with Crippen molar-refractivity contribution in [3.63, 3.8) is 0 Å². The first-order valence-electron chi connectivity index (χ1n) is 7.96. The number of hydrogen-bond acceptors (Lipinski definition) is 7. The number of nitro benzene ring substituents is 1. The van der Waals surface area contributed by atoms with E-state index in [1.165, 1.54) is 28.7 Å². The minimum Gasteiger partial charge on any atom is -0.345 e. The molecule has 1 fully saturated rings. The second-order valence-electron chi connectivity index (χ2n) is 5.92. The molecule has 3 heterocycles. The molecular formula is C16H12Cl2N4O3S2. The van der Waals surface area contributed by atoms with Crippen molar-refractivity contribution >= 4 is 72.8 Å². The van der Waals surface area contributed by atoms with Gasteiger partial charge in [0.15, 0.2) is 5.13 Å². The predicted octanol–water partition coefficient (Wildman–Crippen LogP) is 4.54. The van der Waals surface area contributed by atoms with E-state index >= 15 is 0 Å². The van der Waals surface area contributed by atoms with Crippen LogP contribution in [0, 0.1) is 10.1 Å². The molecule has 1 aliphatic heterocycles. The molecule has 0 bridgehead atoms. The van der Waals surface area contributed by atoms with Gasteiger partial charge in [-0.15, -0.1) is 11.3 Å². The molecule has 27 heavy (non-hydrogen) atoms. The summed E-state index contributed by atoms with van der Waals surface area (Å²) in [6.45, 7) is 2.34. The maximum atomic E-state index is 12.6. The number of aromatic nitrogens is 1. The van der Waals surface area contributed by atoms with Crippen LogP contribution in [0.25, 0.3) is 10.2 Å². The van der Waals surface area contributed by atoms with Crippen molar-refractivity contribution < 1.29 is 9.72 Å². The van der Waals surface area contributed by atoms with Crippen LogP contribution in [-0.2, 0) is 0 Å². The van der Waals surface area contributed by atoms with Crippen molar-refractivity contribution in [3.05, 3.63) is 48.6 Å². The number of hydrogen-bond donors (Lipinski definition) is 0. The highest BCUT2D eigenvalue weighted by Gasteiger charge is 2.26. The summed E-state index contributed by atoms with van der Waals surface area (Å²) in [6, 6.07) is 6.26. The van der Waals surface area contributed by atoms with Crippen LogP contribution in [-0.4, -0.2) is 46.9 Å². The van der Waals surface area contributed by atoms with Crippen LogP contribution in [0.1, 0.15) is 10.4 Å². The van der Waals surface area contributed by atoms with E-state index in [-0.39, 0.29) is 11.6 Å². The summed E-state index contributed by atoms with van der Waals surface area (Å²) < 4.78 is 1.67. The summed E-state index contributed by atoms with van der Waals surface area (Å²) in [4.78, 5) is 31.5. The summed E-state index contributed by atoms with van der Waals surface area (Å²) in [5.41, 5.74) is 1.23. The number of halogens is 2. The van der Waals surface area contributed by atoms with Gasteiger partial charge in [0.1, 0.15) is 4.34 Å². The van der Waals surface area contributed by atoms with Gasteiger partial charge in [0.25, 0.3) is 11.6 Å². The number of carbonyl (C=O) groups excluding carboxylic acids is 1. The summed E-state index contributed by atoms with van der Waals surface area (Å²) in [6.07, 6.45) is 0. The molecule has 7 nitrogen and oxygen atoms in total. The van der Waals surface area contributed by atoms with Crippen LogP contribution >= 0.6 is 45.9 Å². The van der Waals surface area contributed by atoms with Crippen molar-refractivity contribution in [2.24, 2.45) is 0 Å². The zero-order valence-corrected chi connectivity index (χ0v) is 16.9. The molecule has 1 aromatic carbocycles. The first kappa shape index (κ1) is 18.4. The Morgan fingerprint density at radius 3 is 2.52 bits per heavy atom. The Kier molecular flexibility index (Phi) is 4.94. The summed E-state index contributed by atoms with van der Waals surface area (Å²) >= 11 is 14.6. The minimum absolute atomic E-state index is 0.0550. The number of thiophene rings is 1. The SMILES string of the molecule is O=C(c1cc(Cl)sc1Cl)N1CCN(c2nc3ccc([N+](=O)[O-])cc3s2)CC1. The Balaban J connectivity index is 1.47. The zero-order chi connectivity index (χ0) is 19.1. The van der Waals surface area contributed by atoms with Crippen LogP contribution in [0.15, 0.2) is 24.3 Å². The standard InChI is InChI=1S/C16H12Cl2N4O3S2/c17-13-8-10(14(18)27-13)15(23)20-3-5-21(6-4-20)16-19-11-2-1-9(22(24)25)7-12(11)26-16/h1-2,7-8H,3-6H2. The van der Waals surface area contributed by atoms with Gasteiger partial charge in [0, 0.05) is 38.3 Å². The minimum atomic E-state index is -0.412. The third-order valence-electron chi connectivity index (χ3n) is 4.30. The largest absolute Gasteiger partial charge is 0.345 e. The average molecular weight is 443 g/mol. The first-order valence-corrected chi connectivity index (χ1v) is 10.4. The Morgan fingerprint density at radius 2 is 1.89 bits per heavy atom. The highest BCUT2D eigenvalue weighted by molar-refractivity contribution is 7.22. The van der Waals surface area contributed by atoms with Crippen molar-refractivity contribution in [3.8, 4) is 0 Å². The van der Waals surface area contributed by atoms with Gasteiger partial charge in [-0.05, 0) is 12.1 Å². The summed E-state index contributed by atoms with van der Waals surface area (Å²) in [7, 11) is 0. The number of benzene rings is 1. The maximum absolute atomic E-state index is 12.6. The summed E-state index contributed by atoms with van der Waals surface area (Å²) in [5.74, 6) is -0.122. The number of rotatable bonds is 3. The molecule has 2 aromatic heterocycles. The third kappa shape index (κ3) is 3.60. The topological polar surface area (TPSA) is 79.6 Å². The van der Waals surface area contributed by atoms with E-state index in [0.717, 1.165) is 15.3 Å². The number of fused-ring (bicyclic) bond motifs is 1. The van der Waals surface area contributed by atoms with Gasteiger partial charge in [0.2, 0.25) is 0 Å². The smallest absolute Gasteiger partial charge is 0.270 e. The molecule has 0 radical (unpaired) electrons. The number of nitro groups is 1. The van der Waals surface area contributed by atoms with Gasteiger partial charge in [-0.3, -0.25) is 14.9 Å². The lowest BCUT2D eigenvalue weighted by Gasteiger charge is -2.34. The number of amides is 1. The van der Waals surface area contributed by atoms with Crippen molar-refractivity contribution in [2.45, 2.75) is 0 Å². The molecule has 1 saturated heterocycles. The molecule has 4 rings (SSSR count). The zero-order valence-electron chi connectivity index (χ0n) is 13.7. The average Bonchev–Trinajstić information content (AvgIpc) is 3.23. The Bertz CT molecular complexity index is 1040. The van der Waals surface area contributed by atoms with E-state index in [0.29, 0.717) is 40.4 Å². The molecule has 0 saturated carbocycles. The highest BCUT2D eigenvalue weighted by atomic mass is 35.5. The lowest BCUT2D eigenvalue weighted by atomic mass is 10.2. The number of nitrogens with zero attached hydrogens (tertiary/aromatic N) is 4. The Morgan fingerprint density at radius 1 is 1.15 bits per heavy atom. The predicted molar refractivity (Wildman–Crippen MR) is 109 cm³/mol. The fraction of sp³-hybridized carbons (Fsp3) is 0.250. The van der Waals surface area contributed by atoms with E-state index in [1.54, 1.807) is 23.1 Å². The highest BCUT2D eigenvalue weighted by Crippen LogP contribution is 2.34. The maximum Gasteiger partial charge on any atom is 0.270 e. The van der Waals surface area contributed by atoms with Crippen molar-refractivity contribution in [1.29, 1.82) is 0 Å². The van der Waals surface area contributed by atoms with E-state index < -0.39 is 4.92 Å². The number of anilines is 1. The monoisotopic (exact) mass is 442 g/mol. The lowest BCUT2D eigenvalue weighted by molar-refractivity contribution is -0.384. The molecule has 140 valence electrons. The molecule has 0 N–H and O–H groups in total. The second-order valence-corrected chi connectivity index (χ2v) is 9.22. The van der Waals surface area contributed by atoms with Crippen LogP contribution in [0.3, 0.4) is 0 Å². The van der Waals surface area contributed by atoms with Crippen molar-refractivity contribution in [2.75, 3.05) is 31.1 Å². The fourth-order valence-electron chi connectivity index (χ4n) is 2.91. The van der Waals surface area contributed by atoms with Crippen LogP contribution in [0.5, 0.6) is 0 Å². The lowest BCUT2D eigenvalue weighted by Crippen LogP contribution is -2.48. The van der Waals surface area contributed by atoms with Gasteiger partial charge in [-0.25, -0.2) is 4.98 Å². The molecule has 0 atom stereocenters. The van der Waals surface area contributed by atoms with Gasteiger partial charge in [-0.2, -0.15) is 0 Å². The number of thiazole rings is 1. The van der Waals surface area contributed by atoms with Gasteiger partial charge in [-0.1, -0.05) is 34.5 Å². The van der Waals surface area contributed by atoms with E-state index in [2.05, 4.69) is 9.88 Å².